The van der Waals surface area contributed by atoms with Gasteiger partial charge in [-0.25, -0.2) is 4.98 Å². The molecular weight excluding hydrogens is 418 g/mol. The average Bonchev–Trinajstić information content (AvgIpc) is 3.47. The number of nitrogens with one attached hydrogen (secondary N) is 2. The van der Waals surface area contributed by atoms with E-state index in [0.717, 1.165) is 38.5 Å². The number of imidazole rings is 1. The monoisotopic (exact) mass is 451 g/mol. The first kappa shape index (κ1) is 23.0. The maximum atomic E-state index is 13.4. The molecule has 1 saturated carbocycles. The smallest absolute Gasteiger partial charge is 0.273 e. The summed E-state index contributed by atoms with van der Waals surface area (Å²) in [5.41, 5.74) is 0.570. The van der Waals surface area contributed by atoms with Gasteiger partial charge < -0.3 is 20.1 Å². The minimum Gasteiger partial charge on any atom is -0.351 e. The van der Waals surface area contributed by atoms with Crippen LogP contribution in [0.1, 0.15) is 72.5 Å². The molecule has 0 bridgehead atoms. The Hall–Kier alpha value is -3.16. The number of nitrogens with zero attached hydrogens (tertiary/aromatic N) is 3. The zero-order valence-electron chi connectivity index (χ0n) is 19.5. The van der Waals surface area contributed by atoms with Crippen molar-refractivity contribution < 1.29 is 14.4 Å². The summed E-state index contributed by atoms with van der Waals surface area (Å²) in [6.45, 7) is 4.79. The van der Waals surface area contributed by atoms with E-state index in [9.17, 15) is 14.4 Å². The number of likely N-dealkylation sites (N-methyl/N-ethyl adjacent to an activating group) is 1. The van der Waals surface area contributed by atoms with Gasteiger partial charge in [0.2, 0.25) is 5.91 Å². The number of carbonyl (C=O) groups excluding carboxylic acids is 3. The van der Waals surface area contributed by atoms with E-state index in [1.807, 2.05) is 25.1 Å². The van der Waals surface area contributed by atoms with Crippen molar-refractivity contribution in [1.29, 1.82) is 0 Å². The Morgan fingerprint density at radius 2 is 1.91 bits per heavy atom. The topological polar surface area (TPSA) is 96.3 Å². The highest BCUT2D eigenvalue weighted by molar-refractivity contribution is 6.07. The normalized spacial score (nSPS) is 20.5. The molecule has 2 N–H and O–H groups in total. The third-order valence-corrected chi connectivity index (χ3v) is 6.84. The Balaban J connectivity index is 1.44. The third-order valence-electron chi connectivity index (χ3n) is 6.84. The number of carbonyl (C=O) groups is 3. The lowest BCUT2D eigenvalue weighted by Gasteiger charge is -2.43. The van der Waals surface area contributed by atoms with Gasteiger partial charge in [0.15, 0.2) is 5.69 Å². The summed E-state index contributed by atoms with van der Waals surface area (Å²) in [6, 6.07) is 10.3. The lowest BCUT2D eigenvalue weighted by atomic mass is 9.94. The first-order valence-corrected chi connectivity index (χ1v) is 11.9. The number of aryl methyl sites for hydroxylation is 1. The molecule has 8 nitrogen and oxygen atoms in total. The molecule has 2 aliphatic rings. The van der Waals surface area contributed by atoms with Gasteiger partial charge in [-0.1, -0.05) is 43.2 Å². The Bertz CT molecular complexity index is 1010. The van der Waals surface area contributed by atoms with E-state index in [4.69, 9.17) is 0 Å². The molecule has 4 rings (SSSR count). The van der Waals surface area contributed by atoms with Crippen molar-refractivity contribution in [2.45, 2.75) is 70.5 Å². The van der Waals surface area contributed by atoms with Crippen LogP contribution in [0.3, 0.4) is 0 Å². The highest BCUT2D eigenvalue weighted by Crippen LogP contribution is 2.29. The fraction of sp³-hybridized carbons (Fsp3) is 0.520. The van der Waals surface area contributed by atoms with Gasteiger partial charge in [0, 0.05) is 19.1 Å². The second-order valence-electron chi connectivity index (χ2n) is 9.19. The average molecular weight is 452 g/mol. The highest BCUT2D eigenvalue weighted by atomic mass is 16.2. The molecule has 1 aliphatic carbocycles. The van der Waals surface area contributed by atoms with Crippen LogP contribution in [0.5, 0.6) is 0 Å². The molecule has 176 valence electrons. The molecule has 2 aromatic rings. The fourth-order valence-corrected chi connectivity index (χ4v) is 4.98. The van der Waals surface area contributed by atoms with Crippen LogP contribution in [0.4, 0.5) is 0 Å². The van der Waals surface area contributed by atoms with Crippen LogP contribution in [0.2, 0.25) is 0 Å². The summed E-state index contributed by atoms with van der Waals surface area (Å²) in [5.74, 6) is -0.837. The molecule has 0 saturated heterocycles. The van der Waals surface area contributed by atoms with Gasteiger partial charge in [-0.2, -0.15) is 0 Å². The summed E-state index contributed by atoms with van der Waals surface area (Å²) >= 11 is 0. The zero-order chi connectivity index (χ0) is 23.4. The second-order valence-corrected chi connectivity index (χ2v) is 9.19. The predicted octanol–water partition coefficient (Wildman–Crippen LogP) is 2.54. The summed E-state index contributed by atoms with van der Waals surface area (Å²) in [6.07, 6.45) is 7.35. The molecule has 1 unspecified atom stereocenters. The maximum Gasteiger partial charge on any atom is 0.273 e. The van der Waals surface area contributed by atoms with Crippen LogP contribution in [-0.2, 0) is 17.8 Å². The molecular formula is C25H33N5O3. The lowest BCUT2D eigenvalue weighted by Crippen LogP contribution is -2.64. The quantitative estimate of drug-likeness (QED) is 0.603. The van der Waals surface area contributed by atoms with Gasteiger partial charge in [-0.05, 0) is 45.1 Å². The number of benzene rings is 1. The first-order valence-electron chi connectivity index (χ1n) is 11.9. The SMILES string of the molecule is CCN1C(=O)c2c(C(=O)NCCCc3ccccc3)ncn2CC1(C)C(=O)NC1CCCC1. The van der Waals surface area contributed by atoms with Gasteiger partial charge >= 0.3 is 0 Å². The lowest BCUT2D eigenvalue weighted by molar-refractivity contribution is -0.133. The van der Waals surface area contributed by atoms with Gasteiger partial charge in [-0.15, -0.1) is 0 Å². The van der Waals surface area contributed by atoms with E-state index < -0.39 is 5.54 Å². The maximum absolute atomic E-state index is 13.4. The second kappa shape index (κ2) is 9.77. The zero-order valence-corrected chi connectivity index (χ0v) is 19.5. The molecule has 8 heteroatoms. The summed E-state index contributed by atoms with van der Waals surface area (Å²) in [7, 11) is 0. The van der Waals surface area contributed by atoms with Gasteiger partial charge in [0.05, 0.1) is 12.9 Å². The largest absolute Gasteiger partial charge is 0.351 e. The van der Waals surface area contributed by atoms with E-state index in [-0.39, 0.29) is 41.7 Å². The molecule has 0 radical (unpaired) electrons. The predicted molar refractivity (Wildman–Crippen MR) is 125 cm³/mol. The standard InChI is InChI=1S/C25H33N5O3/c1-3-30-23(32)21-20(22(31)26-15-9-12-18-10-5-4-6-11-18)27-17-29(21)16-25(30,2)24(33)28-19-13-7-8-14-19/h4-6,10-11,17,19H,3,7-9,12-16H2,1-2H3,(H,26,31)(H,28,33). The van der Waals surface area contributed by atoms with Crippen molar-refractivity contribution >= 4 is 17.7 Å². The summed E-state index contributed by atoms with van der Waals surface area (Å²) < 4.78 is 1.65. The molecule has 1 aromatic heterocycles. The Morgan fingerprint density at radius 3 is 2.61 bits per heavy atom. The molecule has 1 aliphatic heterocycles. The van der Waals surface area contributed by atoms with Gasteiger partial charge in [0.25, 0.3) is 11.8 Å². The molecule has 3 amide bonds. The van der Waals surface area contributed by atoms with Gasteiger partial charge in [0.1, 0.15) is 11.2 Å². The van der Waals surface area contributed by atoms with Crippen molar-refractivity contribution in [3.63, 3.8) is 0 Å². The molecule has 1 atom stereocenters. The van der Waals surface area contributed by atoms with E-state index in [1.54, 1.807) is 16.4 Å². The molecule has 1 fully saturated rings. The molecule has 1 aromatic carbocycles. The summed E-state index contributed by atoms with van der Waals surface area (Å²) in [5, 5.41) is 6.02. The van der Waals surface area contributed by atoms with Crippen molar-refractivity contribution in [1.82, 2.24) is 25.1 Å². The Morgan fingerprint density at radius 1 is 1.18 bits per heavy atom. The molecule has 2 heterocycles. The number of amides is 3. The van der Waals surface area contributed by atoms with Crippen molar-refractivity contribution in [3.05, 3.63) is 53.6 Å². The van der Waals surface area contributed by atoms with E-state index in [1.165, 1.54) is 11.9 Å². The molecule has 33 heavy (non-hydrogen) atoms. The first-order chi connectivity index (χ1) is 15.9. The minimum atomic E-state index is -1.02. The number of hydrogen-bond acceptors (Lipinski definition) is 4. The van der Waals surface area contributed by atoms with Crippen LogP contribution in [0.15, 0.2) is 36.7 Å². The number of fused-ring (bicyclic) bond motifs is 1. The molecule has 0 spiro atoms. The van der Waals surface area contributed by atoms with Crippen LogP contribution >= 0.6 is 0 Å². The van der Waals surface area contributed by atoms with Crippen LogP contribution in [0, 0.1) is 0 Å². The number of rotatable bonds is 8. The Labute approximate surface area is 194 Å². The van der Waals surface area contributed by atoms with Crippen LogP contribution < -0.4 is 10.6 Å². The van der Waals surface area contributed by atoms with E-state index >= 15 is 0 Å². The van der Waals surface area contributed by atoms with Crippen molar-refractivity contribution in [2.24, 2.45) is 0 Å². The summed E-state index contributed by atoms with van der Waals surface area (Å²) in [4.78, 5) is 45.3. The van der Waals surface area contributed by atoms with E-state index in [2.05, 4.69) is 27.8 Å². The number of hydrogen-bond donors (Lipinski definition) is 2. The third kappa shape index (κ3) is 4.65. The van der Waals surface area contributed by atoms with E-state index in [0.29, 0.717) is 13.1 Å². The van der Waals surface area contributed by atoms with Gasteiger partial charge in [-0.3, -0.25) is 14.4 Å². The van der Waals surface area contributed by atoms with Crippen molar-refractivity contribution in [3.8, 4) is 0 Å². The fourth-order valence-electron chi connectivity index (χ4n) is 4.98. The minimum absolute atomic E-state index is 0.122. The number of aromatic nitrogens is 2. The van der Waals surface area contributed by atoms with Crippen LogP contribution in [0.25, 0.3) is 0 Å². The van der Waals surface area contributed by atoms with Crippen LogP contribution in [-0.4, -0.2) is 56.8 Å². The highest BCUT2D eigenvalue weighted by Gasteiger charge is 2.48. The Kier molecular flexibility index (Phi) is 6.81. The van der Waals surface area contributed by atoms with Crippen molar-refractivity contribution in [2.75, 3.05) is 13.1 Å².